The molecule has 1 saturated heterocycles. The maximum Gasteiger partial charge on any atom is 0.276 e. The number of aromatic nitrogens is 5. The second kappa shape index (κ2) is 8.78. The lowest BCUT2D eigenvalue weighted by Crippen LogP contribution is -2.48. The SMILES string of the molecule is Cc1[nH]nc(C(=O)Nc2cnc3[nH]c(-c4ccnc(N5CCN(S(C)(=O)=O)CC5)c4)cc3c2)c1C. The van der Waals surface area contributed by atoms with E-state index >= 15 is 0 Å². The molecule has 1 aliphatic rings. The van der Waals surface area contributed by atoms with E-state index in [9.17, 15) is 13.2 Å². The number of piperazine rings is 1. The molecule has 0 aliphatic carbocycles. The number of amides is 1. The van der Waals surface area contributed by atoms with Gasteiger partial charge >= 0.3 is 0 Å². The number of anilines is 2. The quantitative estimate of drug-likeness (QED) is 0.387. The number of hydrogen-bond acceptors (Lipinski definition) is 7. The average molecular weight is 495 g/mol. The fourth-order valence-electron chi connectivity index (χ4n) is 4.14. The summed E-state index contributed by atoms with van der Waals surface area (Å²) >= 11 is 0. The number of fused-ring (bicyclic) bond motifs is 1. The fraction of sp³-hybridized carbons (Fsp3) is 0.304. The summed E-state index contributed by atoms with van der Waals surface area (Å²) < 4.78 is 25.0. The second-order valence-corrected chi connectivity index (χ2v) is 10.7. The minimum Gasteiger partial charge on any atom is -0.354 e. The van der Waals surface area contributed by atoms with Gasteiger partial charge in [-0.3, -0.25) is 9.89 Å². The Bertz CT molecular complexity index is 1520. The van der Waals surface area contributed by atoms with E-state index in [-0.39, 0.29) is 5.91 Å². The first kappa shape index (κ1) is 23.0. The average Bonchev–Trinajstić information content (AvgIpc) is 3.41. The van der Waals surface area contributed by atoms with Crippen LogP contribution in [0.15, 0.2) is 36.7 Å². The number of rotatable bonds is 5. The number of carbonyl (C=O) groups is 1. The topological polar surface area (TPSA) is 140 Å². The summed E-state index contributed by atoms with van der Waals surface area (Å²) in [5, 5.41) is 10.6. The Morgan fingerprint density at radius 3 is 2.54 bits per heavy atom. The lowest BCUT2D eigenvalue weighted by atomic mass is 10.1. The van der Waals surface area contributed by atoms with Crippen molar-refractivity contribution in [2.75, 3.05) is 42.7 Å². The molecule has 0 spiro atoms. The number of carbonyl (C=O) groups excluding carboxylic acids is 1. The van der Waals surface area contributed by atoms with E-state index < -0.39 is 10.0 Å². The Labute approximate surface area is 202 Å². The fourth-order valence-corrected chi connectivity index (χ4v) is 4.97. The largest absolute Gasteiger partial charge is 0.354 e. The molecule has 0 saturated carbocycles. The number of sulfonamides is 1. The zero-order chi connectivity index (χ0) is 24.7. The third-order valence-corrected chi connectivity index (χ3v) is 7.59. The van der Waals surface area contributed by atoms with Crippen molar-refractivity contribution in [3.8, 4) is 11.3 Å². The molecular formula is C23H26N8O3S. The maximum atomic E-state index is 12.6. The summed E-state index contributed by atoms with van der Waals surface area (Å²) in [6.07, 6.45) is 4.59. The number of aromatic amines is 2. The Hall–Kier alpha value is -3.77. The molecule has 12 heteroatoms. The highest BCUT2D eigenvalue weighted by Gasteiger charge is 2.24. The van der Waals surface area contributed by atoms with Crippen LogP contribution in [-0.4, -0.2) is 76.2 Å². The lowest BCUT2D eigenvalue weighted by molar-refractivity contribution is 0.102. The van der Waals surface area contributed by atoms with Crippen LogP contribution in [0.1, 0.15) is 21.7 Å². The molecule has 0 bridgehead atoms. The van der Waals surface area contributed by atoms with E-state index in [4.69, 9.17) is 0 Å². The first-order chi connectivity index (χ1) is 16.7. The number of hydrogen-bond donors (Lipinski definition) is 3. The van der Waals surface area contributed by atoms with Crippen molar-refractivity contribution in [3.05, 3.63) is 53.6 Å². The maximum absolute atomic E-state index is 12.6. The van der Waals surface area contributed by atoms with Crippen LogP contribution < -0.4 is 10.2 Å². The van der Waals surface area contributed by atoms with Gasteiger partial charge in [-0.25, -0.2) is 18.4 Å². The van der Waals surface area contributed by atoms with E-state index in [0.29, 0.717) is 43.2 Å². The molecule has 0 radical (unpaired) electrons. The number of pyridine rings is 2. The third-order valence-electron chi connectivity index (χ3n) is 6.28. The smallest absolute Gasteiger partial charge is 0.276 e. The molecule has 4 aromatic heterocycles. The number of nitrogens with zero attached hydrogens (tertiary/aromatic N) is 5. The minimum atomic E-state index is -3.18. The van der Waals surface area contributed by atoms with E-state index in [0.717, 1.165) is 33.7 Å². The summed E-state index contributed by atoms with van der Waals surface area (Å²) in [6, 6.07) is 7.72. The van der Waals surface area contributed by atoms with Gasteiger partial charge < -0.3 is 15.2 Å². The highest BCUT2D eigenvalue weighted by Crippen LogP contribution is 2.27. The monoisotopic (exact) mass is 494 g/mol. The van der Waals surface area contributed by atoms with Crippen LogP contribution in [0.5, 0.6) is 0 Å². The number of nitrogens with one attached hydrogen (secondary N) is 3. The summed E-state index contributed by atoms with van der Waals surface area (Å²) in [6.45, 7) is 5.75. The van der Waals surface area contributed by atoms with Gasteiger partial charge in [0.15, 0.2) is 5.69 Å². The van der Waals surface area contributed by atoms with Gasteiger partial charge in [-0.05, 0) is 38.1 Å². The van der Waals surface area contributed by atoms with Gasteiger partial charge in [0.25, 0.3) is 5.91 Å². The van der Waals surface area contributed by atoms with Crippen molar-refractivity contribution in [1.82, 2.24) is 29.5 Å². The molecule has 182 valence electrons. The van der Waals surface area contributed by atoms with E-state index in [1.165, 1.54) is 10.6 Å². The Balaban J connectivity index is 1.34. The van der Waals surface area contributed by atoms with Crippen molar-refractivity contribution in [3.63, 3.8) is 0 Å². The number of aryl methyl sites for hydroxylation is 1. The van der Waals surface area contributed by atoms with Crippen molar-refractivity contribution in [2.24, 2.45) is 0 Å². The molecule has 1 fully saturated rings. The third kappa shape index (κ3) is 4.62. The molecule has 0 unspecified atom stereocenters. The number of H-pyrrole nitrogens is 2. The van der Waals surface area contributed by atoms with Crippen LogP contribution in [0.4, 0.5) is 11.5 Å². The Morgan fingerprint density at radius 2 is 1.86 bits per heavy atom. The Kier molecular flexibility index (Phi) is 5.77. The van der Waals surface area contributed by atoms with Crippen molar-refractivity contribution < 1.29 is 13.2 Å². The van der Waals surface area contributed by atoms with Gasteiger partial charge in [-0.15, -0.1) is 0 Å². The summed E-state index contributed by atoms with van der Waals surface area (Å²) in [5.41, 5.74) is 5.11. The van der Waals surface area contributed by atoms with Crippen molar-refractivity contribution >= 4 is 38.5 Å². The normalized spacial score (nSPS) is 15.0. The lowest BCUT2D eigenvalue weighted by Gasteiger charge is -2.34. The standard InChI is InChI=1S/C23H26N8O3S/c1-14-15(2)28-29-21(14)23(32)26-18-10-17-11-19(27-22(17)25-13-18)16-4-5-24-20(12-16)30-6-8-31(9-7-30)35(3,33)34/h4-5,10-13H,6-9H2,1-3H3,(H,25,27)(H,26,32)(H,28,29). The predicted molar refractivity (Wildman–Crippen MR) is 134 cm³/mol. The van der Waals surface area contributed by atoms with Crippen LogP contribution >= 0.6 is 0 Å². The molecule has 1 amide bonds. The van der Waals surface area contributed by atoms with Gasteiger partial charge in [0, 0.05) is 60.3 Å². The van der Waals surface area contributed by atoms with Gasteiger partial charge in [-0.2, -0.15) is 9.40 Å². The molecule has 5 rings (SSSR count). The summed E-state index contributed by atoms with van der Waals surface area (Å²) in [7, 11) is -3.18. The molecule has 3 N–H and O–H groups in total. The molecule has 4 aromatic rings. The van der Waals surface area contributed by atoms with Gasteiger partial charge in [0.2, 0.25) is 10.0 Å². The molecule has 11 nitrogen and oxygen atoms in total. The first-order valence-electron chi connectivity index (χ1n) is 11.2. The van der Waals surface area contributed by atoms with Gasteiger partial charge in [0.1, 0.15) is 11.5 Å². The van der Waals surface area contributed by atoms with Crippen LogP contribution in [0.3, 0.4) is 0 Å². The minimum absolute atomic E-state index is 0.293. The molecule has 35 heavy (non-hydrogen) atoms. The molecule has 0 aromatic carbocycles. The predicted octanol–water partition coefficient (Wildman–Crippen LogP) is 2.30. The van der Waals surface area contributed by atoms with Gasteiger partial charge in [0.05, 0.1) is 18.1 Å². The van der Waals surface area contributed by atoms with E-state index in [1.54, 1.807) is 12.4 Å². The van der Waals surface area contributed by atoms with Crippen LogP contribution in [0.25, 0.3) is 22.3 Å². The van der Waals surface area contributed by atoms with Crippen molar-refractivity contribution in [1.29, 1.82) is 0 Å². The van der Waals surface area contributed by atoms with E-state index in [2.05, 4.69) is 35.4 Å². The second-order valence-electron chi connectivity index (χ2n) is 8.67. The first-order valence-corrected chi connectivity index (χ1v) is 13.0. The van der Waals surface area contributed by atoms with Crippen molar-refractivity contribution in [2.45, 2.75) is 13.8 Å². The molecular weight excluding hydrogens is 468 g/mol. The molecule has 0 atom stereocenters. The van der Waals surface area contributed by atoms with Gasteiger partial charge in [-0.1, -0.05) is 0 Å². The summed E-state index contributed by atoms with van der Waals surface area (Å²) in [4.78, 5) is 26.9. The highest BCUT2D eigenvalue weighted by atomic mass is 32.2. The van der Waals surface area contributed by atoms with Crippen LogP contribution in [0, 0.1) is 13.8 Å². The van der Waals surface area contributed by atoms with E-state index in [1.807, 2.05) is 38.1 Å². The van der Waals surface area contributed by atoms with Crippen LogP contribution in [-0.2, 0) is 10.0 Å². The summed E-state index contributed by atoms with van der Waals surface area (Å²) in [5.74, 6) is 0.499. The highest BCUT2D eigenvalue weighted by molar-refractivity contribution is 7.88. The van der Waals surface area contributed by atoms with Crippen LogP contribution in [0.2, 0.25) is 0 Å². The molecule has 1 aliphatic heterocycles. The zero-order valence-electron chi connectivity index (χ0n) is 19.7. The molecule has 5 heterocycles. The Morgan fingerprint density at radius 1 is 1.09 bits per heavy atom. The zero-order valence-corrected chi connectivity index (χ0v) is 20.5.